The average molecular weight is 414 g/mol. The number of carbonyl (C=O) groups excluding carboxylic acids is 2. The number of hydrogen-bond acceptors (Lipinski definition) is 7. The van der Waals surface area contributed by atoms with Crippen molar-refractivity contribution < 1.29 is 14.0 Å². The highest BCUT2D eigenvalue weighted by atomic mass is 32.1. The average Bonchev–Trinajstić information content (AvgIpc) is 3.10. The van der Waals surface area contributed by atoms with Crippen LogP contribution in [0.2, 0.25) is 0 Å². The lowest BCUT2D eigenvalue weighted by Gasteiger charge is -2.19. The molecule has 0 bridgehead atoms. The summed E-state index contributed by atoms with van der Waals surface area (Å²) in [5, 5.41) is 7.56. The minimum Gasteiger partial charge on any atom is -0.349 e. The summed E-state index contributed by atoms with van der Waals surface area (Å²) in [6.07, 6.45) is 2.17. The summed E-state index contributed by atoms with van der Waals surface area (Å²) in [4.78, 5) is 27.3. The molecule has 26 heavy (non-hydrogen) atoms. The Hall–Kier alpha value is -2.24. The Morgan fingerprint density at radius 2 is 2.23 bits per heavy atom. The van der Waals surface area contributed by atoms with E-state index in [0.29, 0.717) is 17.1 Å². The summed E-state index contributed by atoms with van der Waals surface area (Å²) in [7, 11) is 0. The van der Waals surface area contributed by atoms with Gasteiger partial charge in [0, 0.05) is 23.7 Å². The third kappa shape index (κ3) is 6.58. The van der Waals surface area contributed by atoms with Gasteiger partial charge in [0.25, 0.3) is 0 Å². The Bertz CT molecular complexity index is 759. The highest BCUT2D eigenvalue weighted by molar-refractivity contribution is 7.81. The van der Waals surface area contributed by atoms with Gasteiger partial charge in [0.15, 0.2) is 10.2 Å². The first-order chi connectivity index (χ1) is 12.5. The van der Waals surface area contributed by atoms with E-state index < -0.39 is 23.0 Å². The molecule has 2 rings (SSSR count). The summed E-state index contributed by atoms with van der Waals surface area (Å²) >= 11 is 10.7. The zero-order valence-corrected chi connectivity index (χ0v) is 15.8. The lowest BCUT2D eigenvalue weighted by molar-refractivity contribution is -0.124. The van der Waals surface area contributed by atoms with Gasteiger partial charge in [-0.15, -0.1) is 11.3 Å². The standard InChI is InChI=1S/C15H16FN5O2S3/c16-10-2-1-3-11(7-10)18-14(25)21-20-12(23)6-9(8-22)13(24)19-15-17-4-5-26-15/h1-5,7-9,13,24H,6H2,(H,17,19)(H,20,23)(H2,18,21,25). The molecule has 4 N–H and O–H groups in total. The first-order valence-corrected chi connectivity index (χ1v) is 9.19. The van der Waals surface area contributed by atoms with E-state index in [0.717, 1.165) is 0 Å². The minimum atomic E-state index is -0.672. The molecule has 2 atom stereocenters. The van der Waals surface area contributed by atoms with Crippen LogP contribution >= 0.6 is 36.2 Å². The van der Waals surface area contributed by atoms with Crippen molar-refractivity contribution in [3.8, 4) is 0 Å². The number of hydrazine groups is 1. The van der Waals surface area contributed by atoms with E-state index in [1.165, 1.54) is 29.5 Å². The molecule has 138 valence electrons. The predicted octanol–water partition coefficient (Wildman–Crippen LogP) is 2.17. The first-order valence-electron chi connectivity index (χ1n) is 7.38. The molecule has 0 aliphatic carbocycles. The van der Waals surface area contributed by atoms with Crippen molar-refractivity contribution in [3.63, 3.8) is 0 Å². The zero-order chi connectivity index (χ0) is 18.9. The van der Waals surface area contributed by atoms with Crippen LogP contribution in [-0.4, -0.2) is 27.7 Å². The van der Waals surface area contributed by atoms with E-state index in [1.807, 2.05) is 0 Å². The Labute approximate surface area is 164 Å². The second kappa shape index (κ2) is 10.0. The summed E-state index contributed by atoms with van der Waals surface area (Å²) in [5.41, 5.74) is 5.30. The zero-order valence-electron chi connectivity index (χ0n) is 13.3. The van der Waals surface area contributed by atoms with Crippen LogP contribution in [0.4, 0.5) is 15.2 Å². The van der Waals surface area contributed by atoms with Gasteiger partial charge in [-0.25, -0.2) is 9.37 Å². The molecule has 0 saturated carbocycles. The highest BCUT2D eigenvalue weighted by Crippen LogP contribution is 2.18. The SMILES string of the molecule is O=CC(CC(=O)NNC(=S)Nc1cccc(F)c1)C(S)Nc1nccs1. The Morgan fingerprint density at radius 3 is 2.88 bits per heavy atom. The highest BCUT2D eigenvalue weighted by Gasteiger charge is 2.21. The summed E-state index contributed by atoms with van der Waals surface area (Å²) in [5.74, 6) is -1.54. The molecule has 0 saturated heterocycles. The van der Waals surface area contributed by atoms with Crippen LogP contribution in [0, 0.1) is 11.7 Å². The van der Waals surface area contributed by atoms with Crippen LogP contribution in [0.15, 0.2) is 35.8 Å². The number of thiol groups is 1. The van der Waals surface area contributed by atoms with Crippen LogP contribution in [0.5, 0.6) is 0 Å². The monoisotopic (exact) mass is 413 g/mol. The van der Waals surface area contributed by atoms with Crippen LogP contribution in [0.25, 0.3) is 0 Å². The van der Waals surface area contributed by atoms with Gasteiger partial charge >= 0.3 is 0 Å². The quantitative estimate of drug-likeness (QED) is 0.156. The van der Waals surface area contributed by atoms with Crippen molar-refractivity contribution in [2.24, 2.45) is 5.92 Å². The van der Waals surface area contributed by atoms with Gasteiger partial charge in [-0.2, -0.15) is 12.6 Å². The third-order valence-corrected chi connectivity index (χ3v) is 4.52. The number of aromatic nitrogens is 1. The fourth-order valence-electron chi connectivity index (χ4n) is 1.88. The Balaban J connectivity index is 1.77. The van der Waals surface area contributed by atoms with Gasteiger partial charge in [0.05, 0.1) is 11.3 Å². The van der Waals surface area contributed by atoms with Gasteiger partial charge in [-0.1, -0.05) is 6.07 Å². The van der Waals surface area contributed by atoms with Gasteiger partial charge < -0.3 is 15.4 Å². The molecule has 1 amide bonds. The second-order valence-electron chi connectivity index (χ2n) is 5.07. The number of thiocarbonyl (C=S) groups is 1. The number of carbonyl (C=O) groups is 2. The van der Waals surface area contributed by atoms with Crippen molar-refractivity contribution in [1.82, 2.24) is 15.8 Å². The maximum Gasteiger partial charge on any atom is 0.239 e. The molecule has 7 nitrogen and oxygen atoms in total. The molecule has 11 heteroatoms. The van der Waals surface area contributed by atoms with Gasteiger partial charge in [0.1, 0.15) is 12.1 Å². The van der Waals surface area contributed by atoms with Gasteiger partial charge in [-0.05, 0) is 30.4 Å². The summed E-state index contributed by atoms with van der Waals surface area (Å²) in [6, 6.07) is 5.71. The summed E-state index contributed by atoms with van der Waals surface area (Å²) in [6.45, 7) is 0. The number of anilines is 2. The van der Waals surface area contributed by atoms with Crippen LogP contribution in [0.3, 0.4) is 0 Å². The molecule has 1 aromatic heterocycles. The van der Waals surface area contributed by atoms with Crippen molar-refractivity contribution in [1.29, 1.82) is 0 Å². The largest absolute Gasteiger partial charge is 0.349 e. The molecule has 0 spiro atoms. The molecule has 2 aromatic rings. The van der Waals surface area contributed by atoms with E-state index in [2.05, 4.69) is 39.1 Å². The van der Waals surface area contributed by atoms with E-state index in [-0.39, 0.29) is 11.5 Å². The van der Waals surface area contributed by atoms with Crippen molar-refractivity contribution in [2.75, 3.05) is 10.6 Å². The van der Waals surface area contributed by atoms with Crippen molar-refractivity contribution in [2.45, 2.75) is 11.8 Å². The molecule has 1 aromatic carbocycles. The number of rotatable bonds is 7. The lowest BCUT2D eigenvalue weighted by Crippen LogP contribution is -2.45. The molecule has 0 fully saturated rings. The van der Waals surface area contributed by atoms with Gasteiger partial charge in [0.2, 0.25) is 5.91 Å². The smallest absolute Gasteiger partial charge is 0.239 e. The number of aldehydes is 1. The second-order valence-corrected chi connectivity index (χ2v) is 6.93. The molecule has 0 aliphatic heterocycles. The Morgan fingerprint density at radius 1 is 1.42 bits per heavy atom. The number of thiazole rings is 1. The maximum atomic E-state index is 13.1. The van der Waals surface area contributed by atoms with E-state index in [1.54, 1.807) is 17.6 Å². The van der Waals surface area contributed by atoms with Crippen molar-refractivity contribution in [3.05, 3.63) is 41.7 Å². The topological polar surface area (TPSA) is 95.2 Å². The van der Waals surface area contributed by atoms with Crippen LogP contribution in [-0.2, 0) is 9.59 Å². The fraction of sp³-hybridized carbons (Fsp3) is 0.200. The van der Waals surface area contributed by atoms with Crippen LogP contribution < -0.4 is 21.5 Å². The number of nitrogens with one attached hydrogen (secondary N) is 4. The number of halogens is 1. The van der Waals surface area contributed by atoms with E-state index >= 15 is 0 Å². The minimum absolute atomic E-state index is 0.0786. The normalized spacial score (nSPS) is 12.5. The third-order valence-electron chi connectivity index (χ3n) is 3.10. The predicted molar refractivity (Wildman–Crippen MR) is 107 cm³/mol. The number of benzene rings is 1. The maximum absolute atomic E-state index is 13.1. The molecule has 0 aliphatic rings. The molecule has 0 radical (unpaired) electrons. The van der Waals surface area contributed by atoms with Crippen LogP contribution in [0.1, 0.15) is 6.42 Å². The Kier molecular flexibility index (Phi) is 7.75. The molecular weight excluding hydrogens is 397 g/mol. The molecular formula is C15H16FN5O2S3. The van der Waals surface area contributed by atoms with E-state index in [4.69, 9.17) is 12.2 Å². The number of nitrogens with zero attached hydrogens (tertiary/aromatic N) is 1. The van der Waals surface area contributed by atoms with Gasteiger partial charge in [-0.3, -0.25) is 15.6 Å². The molecule has 1 heterocycles. The molecule has 2 unspecified atom stereocenters. The number of amides is 1. The number of hydrogen-bond donors (Lipinski definition) is 5. The first kappa shape index (κ1) is 20.1. The summed E-state index contributed by atoms with van der Waals surface area (Å²) < 4.78 is 13.1. The van der Waals surface area contributed by atoms with Crippen molar-refractivity contribution >= 4 is 64.3 Å². The fourth-order valence-corrected chi connectivity index (χ4v) is 3.00. The van der Waals surface area contributed by atoms with E-state index in [9.17, 15) is 14.0 Å². The lowest BCUT2D eigenvalue weighted by atomic mass is 10.1.